The van der Waals surface area contributed by atoms with Crippen LogP contribution in [0.25, 0.3) is 0 Å². The summed E-state index contributed by atoms with van der Waals surface area (Å²) in [6, 6.07) is 3.93. The van der Waals surface area contributed by atoms with Gasteiger partial charge in [-0.2, -0.15) is 0 Å². The normalized spacial score (nSPS) is 10.7. The number of nitrogen functional groups attached to an aromatic ring is 2. The predicted molar refractivity (Wildman–Crippen MR) is 54.1 cm³/mol. The lowest BCUT2D eigenvalue weighted by Crippen LogP contribution is -2.02. The maximum absolute atomic E-state index is 5.84. The molecule has 0 unspecified atom stereocenters. The Kier molecular flexibility index (Phi) is 2.27. The van der Waals surface area contributed by atoms with Gasteiger partial charge in [-0.25, -0.2) is 0 Å². The molecule has 0 bridgehead atoms. The van der Waals surface area contributed by atoms with Crippen LogP contribution in [0.4, 0.5) is 11.4 Å². The minimum absolute atomic E-state index is 0.394. The molecule has 0 saturated heterocycles. The van der Waals surface area contributed by atoms with Crippen LogP contribution in [0.15, 0.2) is 12.1 Å². The van der Waals surface area contributed by atoms with Gasteiger partial charge in [0.15, 0.2) is 0 Å². The van der Waals surface area contributed by atoms with Crippen LogP contribution < -0.4 is 11.5 Å². The van der Waals surface area contributed by atoms with E-state index in [1.165, 1.54) is 0 Å². The second-order valence-electron chi connectivity index (χ2n) is 3.51. The summed E-state index contributed by atoms with van der Waals surface area (Å²) in [5.41, 5.74) is 15.5. The largest absolute Gasteiger partial charge is 0.398 e. The van der Waals surface area contributed by atoms with Crippen molar-refractivity contribution in [1.82, 2.24) is 0 Å². The molecule has 0 aliphatic carbocycles. The molecule has 0 heterocycles. The molecular formula is C10H16N2. The molecule has 0 atom stereocenters. The average molecular weight is 164 g/mol. The summed E-state index contributed by atoms with van der Waals surface area (Å²) >= 11 is 0. The molecule has 0 saturated carbocycles. The molecule has 1 rings (SSSR count). The summed E-state index contributed by atoms with van der Waals surface area (Å²) in [6.45, 7) is 6.19. The van der Waals surface area contributed by atoms with Crippen molar-refractivity contribution < 1.29 is 0 Å². The molecule has 0 aliphatic heterocycles. The Hall–Kier alpha value is -1.18. The van der Waals surface area contributed by atoms with Crippen LogP contribution in [0.3, 0.4) is 0 Å². The zero-order chi connectivity index (χ0) is 9.30. The van der Waals surface area contributed by atoms with Crippen LogP contribution in [0.2, 0.25) is 0 Å². The van der Waals surface area contributed by atoms with Crippen LogP contribution >= 0.6 is 0 Å². The zero-order valence-electron chi connectivity index (χ0n) is 7.89. The van der Waals surface area contributed by atoms with E-state index in [0.29, 0.717) is 5.92 Å². The molecule has 66 valence electrons. The highest BCUT2D eigenvalue weighted by atomic mass is 14.6. The third-order valence-corrected chi connectivity index (χ3v) is 1.97. The molecule has 12 heavy (non-hydrogen) atoms. The Morgan fingerprint density at radius 3 is 1.83 bits per heavy atom. The van der Waals surface area contributed by atoms with Crippen LogP contribution in [-0.2, 0) is 0 Å². The molecule has 0 aromatic heterocycles. The fraction of sp³-hybridized carbons (Fsp3) is 0.400. The van der Waals surface area contributed by atoms with Gasteiger partial charge in [-0.15, -0.1) is 0 Å². The van der Waals surface area contributed by atoms with Crippen LogP contribution in [0, 0.1) is 6.92 Å². The Morgan fingerprint density at radius 2 is 1.50 bits per heavy atom. The highest BCUT2D eigenvalue weighted by Crippen LogP contribution is 2.28. The van der Waals surface area contributed by atoms with Gasteiger partial charge in [-0.05, 0) is 30.5 Å². The number of hydrogen-bond donors (Lipinski definition) is 2. The van der Waals surface area contributed by atoms with Gasteiger partial charge in [-0.3, -0.25) is 0 Å². The smallest absolute Gasteiger partial charge is 0.0372 e. The summed E-state index contributed by atoms with van der Waals surface area (Å²) in [4.78, 5) is 0. The van der Waals surface area contributed by atoms with Gasteiger partial charge < -0.3 is 11.5 Å². The summed E-state index contributed by atoms with van der Waals surface area (Å²) in [6.07, 6.45) is 0. The van der Waals surface area contributed by atoms with E-state index in [9.17, 15) is 0 Å². The molecule has 1 aromatic rings. The number of hydrogen-bond acceptors (Lipinski definition) is 2. The topological polar surface area (TPSA) is 52.0 Å². The highest BCUT2D eigenvalue weighted by molar-refractivity contribution is 5.64. The first-order valence-electron chi connectivity index (χ1n) is 4.18. The van der Waals surface area contributed by atoms with Gasteiger partial charge in [0.25, 0.3) is 0 Å². The lowest BCUT2D eigenvalue weighted by molar-refractivity contribution is 0.872. The lowest BCUT2D eigenvalue weighted by Gasteiger charge is -2.13. The quantitative estimate of drug-likeness (QED) is 0.626. The third kappa shape index (κ3) is 1.52. The standard InChI is InChI=1S/C10H16N2/c1-6(2)10-8(11)4-7(3)5-9(10)12/h4-6H,11-12H2,1-3H3. The minimum Gasteiger partial charge on any atom is -0.398 e. The van der Waals surface area contributed by atoms with E-state index < -0.39 is 0 Å². The van der Waals surface area contributed by atoms with Crippen LogP contribution in [-0.4, -0.2) is 0 Å². The van der Waals surface area contributed by atoms with E-state index in [2.05, 4.69) is 13.8 Å². The maximum Gasteiger partial charge on any atom is 0.0372 e. The molecule has 0 spiro atoms. The van der Waals surface area contributed by atoms with Crippen molar-refractivity contribution in [1.29, 1.82) is 0 Å². The van der Waals surface area contributed by atoms with E-state index >= 15 is 0 Å². The van der Waals surface area contributed by atoms with Crippen molar-refractivity contribution in [2.75, 3.05) is 11.5 Å². The maximum atomic E-state index is 5.84. The monoisotopic (exact) mass is 164 g/mol. The van der Waals surface area contributed by atoms with Crippen molar-refractivity contribution in [3.05, 3.63) is 23.3 Å². The third-order valence-electron chi connectivity index (χ3n) is 1.97. The molecule has 0 amide bonds. The Bertz CT molecular complexity index is 267. The summed E-state index contributed by atoms with van der Waals surface area (Å²) < 4.78 is 0. The molecule has 0 fully saturated rings. The van der Waals surface area contributed by atoms with Gasteiger partial charge in [0.2, 0.25) is 0 Å². The van der Waals surface area contributed by atoms with Gasteiger partial charge in [0, 0.05) is 16.9 Å². The van der Waals surface area contributed by atoms with Crippen molar-refractivity contribution in [3.8, 4) is 0 Å². The van der Waals surface area contributed by atoms with E-state index in [1.54, 1.807) is 0 Å². The van der Waals surface area contributed by atoms with Crippen LogP contribution in [0.5, 0.6) is 0 Å². The molecule has 2 heteroatoms. The minimum atomic E-state index is 0.394. The number of aryl methyl sites for hydroxylation is 1. The van der Waals surface area contributed by atoms with Gasteiger partial charge in [-0.1, -0.05) is 13.8 Å². The molecule has 0 aliphatic rings. The van der Waals surface area contributed by atoms with Crippen molar-refractivity contribution in [3.63, 3.8) is 0 Å². The first kappa shape index (κ1) is 8.91. The predicted octanol–water partition coefficient (Wildman–Crippen LogP) is 2.28. The van der Waals surface area contributed by atoms with Crippen molar-refractivity contribution in [2.45, 2.75) is 26.7 Å². The SMILES string of the molecule is Cc1cc(N)c(C(C)C)c(N)c1. The summed E-state index contributed by atoms with van der Waals surface area (Å²) in [7, 11) is 0. The first-order chi connectivity index (χ1) is 5.52. The number of benzene rings is 1. The Balaban J connectivity index is 3.28. The van der Waals surface area contributed by atoms with Crippen molar-refractivity contribution >= 4 is 11.4 Å². The van der Waals surface area contributed by atoms with E-state index in [4.69, 9.17) is 11.5 Å². The van der Waals surface area contributed by atoms with Gasteiger partial charge in [0.1, 0.15) is 0 Å². The lowest BCUT2D eigenvalue weighted by atomic mass is 9.97. The second kappa shape index (κ2) is 3.05. The summed E-state index contributed by atoms with van der Waals surface area (Å²) in [5, 5.41) is 0. The number of rotatable bonds is 1. The van der Waals surface area contributed by atoms with Crippen molar-refractivity contribution in [2.24, 2.45) is 0 Å². The second-order valence-corrected chi connectivity index (χ2v) is 3.51. The Morgan fingerprint density at radius 1 is 1.08 bits per heavy atom. The molecule has 2 nitrogen and oxygen atoms in total. The number of anilines is 2. The van der Waals surface area contributed by atoms with Crippen LogP contribution in [0.1, 0.15) is 30.9 Å². The Labute approximate surface area is 73.6 Å². The first-order valence-corrected chi connectivity index (χ1v) is 4.18. The molecule has 0 radical (unpaired) electrons. The highest BCUT2D eigenvalue weighted by Gasteiger charge is 2.08. The fourth-order valence-corrected chi connectivity index (χ4v) is 1.52. The number of nitrogens with two attached hydrogens (primary N) is 2. The molecule has 1 aromatic carbocycles. The van der Waals surface area contributed by atoms with E-state index in [-0.39, 0.29) is 0 Å². The van der Waals surface area contributed by atoms with E-state index in [1.807, 2.05) is 19.1 Å². The molecule has 4 N–H and O–H groups in total. The average Bonchev–Trinajstić information content (AvgIpc) is 1.82. The fourth-order valence-electron chi connectivity index (χ4n) is 1.52. The van der Waals surface area contributed by atoms with Gasteiger partial charge >= 0.3 is 0 Å². The van der Waals surface area contributed by atoms with E-state index in [0.717, 1.165) is 22.5 Å². The zero-order valence-corrected chi connectivity index (χ0v) is 7.89. The van der Waals surface area contributed by atoms with Gasteiger partial charge in [0.05, 0.1) is 0 Å². The molecular weight excluding hydrogens is 148 g/mol. The summed E-state index contributed by atoms with van der Waals surface area (Å²) in [5.74, 6) is 0.394.